The molecule has 0 aromatic heterocycles. The first-order chi connectivity index (χ1) is 6.46. The minimum absolute atomic E-state index is 0.243. The monoisotopic (exact) mass is 199 g/mol. The van der Waals surface area contributed by atoms with Gasteiger partial charge in [-0.2, -0.15) is 5.06 Å². The quantitative estimate of drug-likeness (QED) is 0.599. The lowest BCUT2D eigenvalue weighted by Crippen LogP contribution is -2.40. The van der Waals surface area contributed by atoms with Crippen molar-refractivity contribution in [2.75, 3.05) is 0 Å². The number of amides is 1. The van der Waals surface area contributed by atoms with E-state index in [9.17, 15) is 4.79 Å². The molecule has 2 atom stereocenters. The van der Waals surface area contributed by atoms with Crippen molar-refractivity contribution in [1.82, 2.24) is 5.06 Å². The van der Waals surface area contributed by atoms with Crippen molar-refractivity contribution in [1.29, 1.82) is 0 Å². The molecule has 1 saturated carbocycles. The molecule has 4 heteroatoms. The Balaban J connectivity index is 1.93. The van der Waals surface area contributed by atoms with Gasteiger partial charge in [0, 0.05) is 0 Å². The van der Waals surface area contributed by atoms with E-state index in [0.717, 1.165) is 19.3 Å². The molecule has 0 aromatic rings. The molecule has 0 unspecified atom stereocenters. The summed E-state index contributed by atoms with van der Waals surface area (Å²) < 4.78 is 5.24. The zero-order valence-corrected chi connectivity index (χ0v) is 8.95. The Labute approximate surface area is 84.1 Å². The Morgan fingerprint density at radius 3 is 2.57 bits per heavy atom. The molecule has 2 fully saturated rings. The third-order valence-electron chi connectivity index (χ3n) is 2.52. The molecule has 2 bridgehead atoms. The van der Waals surface area contributed by atoms with E-state index >= 15 is 0 Å². The van der Waals surface area contributed by atoms with Gasteiger partial charge in [0.15, 0.2) is 0 Å². The summed E-state index contributed by atoms with van der Waals surface area (Å²) in [5.41, 5.74) is -0.442. The highest BCUT2D eigenvalue weighted by Crippen LogP contribution is 2.35. The molecule has 14 heavy (non-hydrogen) atoms. The fraction of sp³-hybridized carbons (Fsp3) is 0.900. The summed E-state index contributed by atoms with van der Waals surface area (Å²) in [5, 5.41) is 1.42. The predicted octanol–water partition coefficient (Wildman–Crippen LogP) is 2.09. The number of rotatable bonds is 0. The van der Waals surface area contributed by atoms with E-state index in [2.05, 4.69) is 0 Å². The Bertz CT molecular complexity index is 246. The number of carbonyl (C=O) groups excluding carboxylic acids is 1. The van der Waals surface area contributed by atoms with Crippen LogP contribution in [0.5, 0.6) is 0 Å². The van der Waals surface area contributed by atoms with Gasteiger partial charge in [-0.05, 0) is 40.0 Å². The van der Waals surface area contributed by atoms with Gasteiger partial charge in [-0.15, -0.1) is 0 Å². The maximum atomic E-state index is 11.6. The van der Waals surface area contributed by atoms with E-state index in [1.807, 2.05) is 20.8 Å². The molecule has 4 nitrogen and oxygen atoms in total. The van der Waals surface area contributed by atoms with Crippen LogP contribution in [0, 0.1) is 0 Å². The summed E-state index contributed by atoms with van der Waals surface area (Å²) in [5.74, 6) is 0. The lowest BCUT2D eigenvalue weighted by atomic mass is 10.2. The van der Waals surface area contributed by atoms with Crippen LogP contribution in [0.25, 0.3) is 0 Å². The summed E-state index contributed by atoms with van der Waals surface area (Å²) in [6, 6.07) is 0.245. The number of carbonyl (C=O) groups is 1. The van der Waals surface area contributed by atoms with Gasteiger partial charge in [-0.3, -0.25) is 4.84 Å². The summed E-state index contributed by atoms with van der Waals surface area (Å²) >= 11 is 0. The lowest BCUT2D eigenvalue weighted by molar-refractivity contribution is -0.169. The molecule has 0 N–H and O–H groups in total. The fourth-order valence-electron chi connectivity index (χ4n) is 1.97. The van der Waals surface area contributed by atoms with Crippen LogP contribution in [0.2, 0.25) is 0 Å². The minimum Gasteiger partial charge on any atom is -0.442 e. The van der Waals surface area contributed by atoms with Crippen molar-refractivity contribution >= 4 is 6.09 Å². The summed E-state index contributed by atoms with van der Waals surface area (Å²) in [6.45, 7) is 5.58. The molecule has 1 aliphatic carbocycles. The maximum Gasteiger partial charge on any atom is 0.434 e. The van der Waals surface area contributed by atoms with Crippen LogP contribution >= 0.6 is 0 Å². The van der Waals surface area contributed by atoms with Crippen LogP contribution < -0.4 is 0 Å². The van der Waals surface area contributed by atoms with Crippen LogP contribution in [0.1, 0.15) is 40.0 Å². The second-order valence-electron chi connectivity index (χ2n) is 5.00. The summed E-state index contributed by atoms with van der Waals surface area (Å²) in [7, 11) is 0. The Morgan fingerprint density at radius 2 is 2.14 bits per heavy atom. The molecule has 2 aliphatic rings. The number of hydrogen-bond donors (Lipinski definition) is 0. The molecular formula is C10H17NO3. The Kier molecular flexibility index (Phi) is 2.18. The minimum atomic E-state index is -0.442. The normalized spacial score (nSPS) is 30.9. The zero-order chi connectivity index (χ0) is 10.3. The van der Waals surface area contributed by atoms with Gasteiger partial charge in [0.1, 0.15) is 5.60 Å². The molecule has 1 heterocycles. The molecule has 80 valence electrons. The second kappa shape index (κ2) is 3.12. The average Bonchev–Trinajstić information content (AvgIpc) is 2.59. The van der Waals surface area contributed by atoms with Crippen LogP contribution in [0.3, 0.4) is 0 Å². The highest BCUT2D eigenvalue weighted by Gasteiger charge is 2.43. The Hall–Kier alpha value is -0.770. The molecular weight excluding hydrogens is 182 g/mol. The first-order valence-corrected chi connectivity index (χ1v) is 5.15. The van der Waals surface area contributed by atoms with E-state index in [0.29, 0.717) is 0 Å². The SMILES string of the molecule is CC(C)(C)OC(=O)N1O[C@@H]2CC[C@H]1C2. The zero-order valence-electron chi connectivity index (χ0n) is 8.95. The van der Waals surface area contributed by atoms with E-state index < -0.39 is 5.60 Å². The first-order valence-electron chi connectivity index (χ1n) is 5.15. The number of hydroxylamine groups is 2. The third kappa shape index (κ3) is 1.85. The number of ether oxygens (including phenoxy) is 1. The van der Waals surface area contributed by atoms with Gasteiger partial charge in [0.2, 0.25) is 0 Å². The van der Waals surface area contributed by atoms with Gasteiger partial charge < -0.3 is 4.74 Å². The van der Waals surface area contributed by atoms with Crippen molar-refractivity contribution < 1.29 is 14.4 Å². The smallest absolute Gasteiger partial charge is 0.434 e. The molecule has 1 saturated heterocycles. The van der Waals surface area contributed by atoms with Gasteiger partial charge in [-0.1, -0.05) is 0 Å². The van der Waals surface area contributed by atoms with E-state index in [1.54, 1.807) is 0 Å². The lowest BCUT2D eigenvalue weighted by Gasteiger charge is -2.28. The predicted molar refractivity (Wildman–Crippen MR) is 50.6 cm³/mol. The molecule has 1 aliphatic heterocycles. The van der Waals surface area contributed by atoms with E-state index in [-0.39, 0.29) is 18.2 Å². The average molecular weight is 199 g/mol. The molecule has 1 amide bonds. The highest BCUT2D eigenvalue weighted by molar-refractivity contribution is 5.67. The van der Waals surface area contributed by atoms with E-state index in [1.165, 1.54) is 5.06 Å². The van der Waals surface area contributed by atoms with Crippen molar-refractivity contribution in [3.63, 3.8) is 0 Å². The fourth-order valence-corrected chi connectivity index (χ4v) is 1.97. The number of fused-ring (bicyclic) bond motifs is 2. The Morgan fingerprint density at radius 1 is 1.43 bits per heavy atom. The summed E-state index contributed by atoms with van der Waals surface area (Å²) in [4.78, 5) is 17.1. The van der Waals surface area contributed by atoms with Gasteiger partial charge in [-0.25, -0.2) is 4.79 Å². The number of nitrogens with zero attached hydrogens (tertiary/aromatic N) is 1. The van der Waals surface area contributed by atoms with Gasteiger partial charge in [0.05, 0.1) is 12.1 Å². The second-order valence-corrected chi connectivity index (χ2v) is 5.00. The van der Waals surface area contributed by atoms with Crippen LogP contribution in [0.4, 0.5) is 4.79 Å². The van der Waals surface area contributed by atoms with Crippen molar-refractivity contribution in [2.45, 2.75) is 57.8 Å². The van der Waals surface area contributed by atoms with Gasteiger partial charge >= 0.3 is 6.09 Å². The van der Waals surface area contributed by atoms with Crippen LogP contribution in [-0.4, -0.2) is 28.9 Å². The first kappa shape index (κ1) is 9.77. The third-order valence-corrected chi connectivity index (χ3v) is 2.52. The van der Waals surface area contributed by atoms with E-state index in [4.69, 9.17) is 9.57 Å². The molecule has 0 aromatic carbocycles. The maximum absolute atomic E-state index is 11.6. The van der Waals surface area contributed by atoms with Crippen molar-refractivity contribution in [2.24, 2.45) is 0 Å². The molecule has 2 rings (SSSR count). The highest BCUT2D eigenvalue weighted by atomic mass is 16.7. The number of hydrogen-bond acceptors (Lipinski definition) is 3. The van der Waals surface area contributed by atoms with Crippen molar-refractivity contribution in [3.8, 4) is 0 Å². The van der Waals surface area contributed by atoms with Gasteiger partial charge in [0.25, 0.3) is 0 Å². The standard InChI is InChI=1S/C10H17NO3/c1-10(2,3)13-9(12)11-7-4-5-8(6-7)14-11/h7-8H,4-6H2,1-3H3/t7-,8+/m0/s1. The van der Waals surface area contributed by atoms with Crippen molar-refractivity contribution in [3.05, 3.63) is 0 Å². The summed E-state index contributed by atoms with van der Waals surface area (Å²) in [6.07, 6.45) is 2.99. The van der Waals surface area contributed by atoms with Crippen LogP contribution in [0.15, 0.2) is 0 Å². The molecule has 0 radical (unpaired) electrons. The van der Waals surface area contributed by atoms with Crippen LogP contribution in [-0.2, 0) is 9.57 Å². The topological polar surface area (TPSA) is 38.8 Å². The molecule has 0 spiro atoms. The largest absolute Gasteiger partial charge is 0.442 e.